The molecule has 0 atom stereocenters. The van der Waals surface area contributed by atoms with Crippen LogP contribution >= 0.6 is 0 Å². The summed E-state index contributed by atoms with van der Waals surface area (Å²) in [5.41, 5.74) is 4.50. The Morgan fingerprint density at radius 1 is 0.920 bits per heavy atom. The van der Waals surface area contributed by atoms with Crippen molar-refractivity contribution in [1.82, 2.24) is 0 Å². The molecule has 0 unspecified atom stereocenters. The zero-order chi connectivity index (χ0) is 19.0. The molecule has 0 radical (unpaired) electrons. The van der Waals surface area contributed by atoms with Crippen molar-refractivity contribution in [2.24, 2.45) is 0 Å². The number of nitrogens with zero attached hydrogens (tertiary/aromatic N) is 1. The molecule has 0 aliphatic carbocycles. The van der Waals surface area contributed by atoms with Gasteiger partial charge in [0.1, 0.15) is 4.90 Å². The fourth-order valence-corrected chi connectivity index (χ4v) is 3.24. The van der Waals surface area contributed by atoms with Crippen LogP contribution in [-0.2, 0) is 20.2 Å². The lowest BCUT2D eigenvalue weighted by Crippen LogP contribution is -2.05. The van der Waals surface area contributed by atoms with Crippen molar-refractivity contribution in [3.63, 3.8) is 0 Å². The van der Waals surface area contributed by atoms with Crippen LogP contribution in [-0.4, -0.2) is 30.9 Å². The number of anilines is 3. The van der Waals surface area contributed by atoms with Crippen LogP contribution in [0.2, 0.25) is 0 Å². The van der Waals surface area contributed by atoms with E-state index in [0.29, 0.717) is 0 Å². The van der Waals surface area contributed by atoms with Gasteiger partial charge in [-0.15, -0.1) is 0 Å². The van der Waals surface area contributed by atoms with Crippen molar-refractivity contribution in [1.29, 1.82) is 0 Å². The minimum Gasteiger partial charge on any atom is -0.398 e. The Balaban J connectivity index is 2.49. The fourth-order valence-electron chi connectivity index (χ4n) is 1.96. The Hall–Kier alpha value is -2.74. The van der Waals surface area contributed by atoms with Gasteiger partial charge in [-0.1, -0.05) is 0 Å². The van der Waals surface area contributed by atoms with Crippen molar-refractivity contribution >= 4 is 43.0 Å². The number of nitrogens with one attached hydrogen (secondary N) is 1. The van der Waals surface area contributed by atoms with Crippen LogP contribution in [0.5, 0.6) is 0 Å². The van der Waals surface area contributed by atoms with Gasteiger partial charge in [0.2, 0.25) is 0 Å². The van der Waals surface area contributed by atoms with E-state index in [1.54, 1.807) is 0 Å². The number of rotatable bonds is 5. The first-order chi connectivity index (χ1) is 11.4. The highest BCUT2D eigenvalue weighted by Gasteiger charge is 2.24. The monoisotopic (exact) mass is 389 g/mol. The SMILES string of the molecule is Nc1ccc(Nc2ccc(S(=O)(=O)O)c([N+](=O)[O-])c2)cc1S(=O)(=O)O. The largest absolute Gasteiger partial charge is 0.398 e. The lowest BCUT2D eigenvalue weighted by atomic mass is 10.2. The smallest absolute Gasteiger partial charge is 0.301 e. The minimum absolute atomic E-state index is 0.0326. The molecule has 0 amide bonds. The molecule has 0 saturated carbocycles. The maximum Gasteiger partial charge on any atom is 0.301 e. The Labute approximate surface area is 141 Å². The van der Waals surface area contributed by atoms with Gasteiger partial charge in [0.15, 0.2) is 4.90 Å². The minimum atomic E-state index is -4.80. The molecule has 2 aromatic rings. The molecule has 2 aromatic carbocycles. The van der Waals surface area contributed by atoms with Crippen molar-refractivity contribution in [2.75, 3.05) is 11.1 Å². The van der Waals surface area contributed by atoms with E-state index < -0.39 is 40.6 Å². The van der Waals surface area contributed by atoms with Crippen LogP contribution in [0, 0.1) is 10.1 Å². The first kappa shape index (κ1) is 18.6. The average molecular weight is 389 g/mol. The van der Waals surface area contributed by atoms with Crippen LogP contribution in [0.25, 0.3) is 0 Å². The summed E-state index contributed by atoms with van der Waals surface area (Å²) < 4.78 is 62.8. The molecular weight excluding hydrogens is 378 g/mol. The first-order valence-electron chi connectivity index (χ1n) is 6.29. The van der Waals surface area contributed by atoms with Gasteiger partial charge in [0.25, 0.3) is 15.8 Å². The predicted octanol–water partition coefficient (Wildman–Crippen LogP) is 1.41. The molecule has 0 fully saturated rings. The van der Waals surface area contributed by atoms with Crippen molar-refractivity contribution in [3.05, 3.63) is 46.5 Å². The summed E-state index contributed by atoms with van der Waals surface area (Å²) in [6.07, 6.45) is 0. The maximum absolute atomic E-state index is 11.2. The van der Waals surface area contributed by atoms with Crippen molar-refractivity contribution in [3.8, 4) is 0 Å². The Morgan fingerprint density at radius 2 is 1.44 bits per heavy atom. The molecule has 0 bridgehead atoms. The van der Waals surface area contributed by atoms with Gasteiger partial charge in [0.05, 0.1) is 10.6 Å². The third-order valence-corrected chi connectivity index (χ3v) is 4.82. The highest BCUT2D eigenvalue weighted by atomic mass is 32.2. The topological polar surface area (TPSA) is 190 Å². The van der Waals surface area contributed by atoms with Crippen LogP contribution in [0.1, 0.15) is 0 Å². The maximum atomic E-state index is 11.2. The van der Waals surface area contributed by atoms with Gasteiger partial charge < -0.3 is 11.1 Å². The van der Waals surface area contributed by atoms with E-state index >= 15 is 0 Å². The second-order valence-electron chi connectivity index (χ2n) is 4.77. The molecular formula is C12H11N3O8S2. The molecule has 0 aliphatic rings. The van der Waals surface area contributed by atoms with Crippen LogP contribution in [0.3, 0.4) is 0 Å². The summed E-state index contributed by atoms with van der Waals surface area (Å²) in [6, 6.07) is 6.30. The predicted molar refractivity (Wildman–Crippen MR) is 86.9 cm³/mol. The molecule has 25 heavy (non-hydrogen) atoms. The third kappa shape index (κ3) is 4.21. The lowest BCUT2D eigenvalue weighted by molar-refractivity contribution is -0.387. The van der Waals surface area contributed by atoms with E-state index in [1.807, 2.05) is 0 Å². The quantitative estimate of drug-likeness (QED) is 0.252. The number of hydrogen-bond donors (Lipinski definition) is 4. The summed E-state index contributed by atoms with van der Waals surface area (Å²) >= 11 is 0. The van der Waals surface area contributed by atoms with E-state index in [0.717, 1.165) is 24.3 Å². The van der Waals surface area contributed by atoms with E-state index in [1.165, 1.54) is 12.1 Å². The molecule has 134 valence electrons. The molecule has 0 aliphatic heterocycles. The van der Waals surface area contributed by atoms with E-state index in [-0.39, 0.29) is 17.1 Å². The summed E-state index contributed by atoms with van der Waals surface area (Å²) in [5.74, 6) is 0. The number of nitro benzene ring substituents is 1. The summed E-state index contributed by atoms with van der Waals surface area (Å²) in [4.78, 5) is 8.52. The molecule has 5 N–H and O–H groups in total. The van der Waals surface area contributed by atoms with Crippen LogP contribution in [0.15, 0.2) is 46.2 Å². The highest BCUT2D eigenvalue weighted by molar-refractivity contribution is 7.86. The number of hydrogen-bond acceptors (Lipinski definition) is 8. The highest BCUT2D eigenvalue weighted by Crippen LogP contribution is 2.30. The van der Waals surface area contributed by atoms with Crippen LogP contribution in [0.4, 0.5) is 22.7 Å². The number of benzene rings is 2. The fraction of sp³-hybridized carbons (Fsp3) is 0. The number of nitrogen functional groups attached to an aromatic ring is 1. The lowest BCUT2D eigenvalue weighted by Gasteiger charge is -2.10. The van der Waals surface area contributed by atoms with E-state index in [9.17, 15) is 26.9 Å². The zero-order valence-corrected chi connectivity index (χ0v) is 13.8. The molecule has 11 nitrogen and oxygen atoms in total. The van der Waals surface area contributed by atoms with Crippen molar-refractivity contribution < 1.29 is 30.9 Å². The standard InChI is InChI=1S/C12H11N3O8S2/c13-9-3-1-8(6-12(9)25(21,22)23)14-7-2-4-11(24(18,19)20)10(5-7)15(16)17/h1-6,14H,13H2,(H,18,19,20)(H,21,22,23). The molecule has 0 heterocycles. The van der Waals surface area contributed by atoms with Gasteiger partial charge >= 0.3 is 10.1 Å². The van der Waals surface area contributed by atoms with Crippen LogP contribution < -0.4 is 11.1 Å². The van der Waals surface area contributed by atoms with Gasteiger partial charge in [-0.3, -0.25) is 19.2 Å². The van der Waals surface area contributed by atoms with E-state index in [2.05, 4.69) is 5.32 Å². The molecule has 13 heteroatoms. The molecule has 0 aromatic heterocycles. The summed E-state index contributed by atoms with van der Waals surface area (Å²) in [7, 11) is -9.38. The first-order valence-corrected chi connectivity index (χ1v) is 9.17. The Bertz CT molecular complexity index is 1060. The summed E-state index contributed by atoms with van der Waals surface area (Å²) in [6.45, 7) is 0. The van der Waals surface area contributed by atoms with Gasteiger partial charge in [0, 0.05) is 17.4 Å². The Morgan fingerprint density at radius 3 is 1.96 bits per heavy atom. The van der Waals surface area contributed by atoms with Crippen molar-refractivity contribution in [2.45, 2.75) is 9.79 Å². The average Bonchev–Trinajstić information content (AvgIpc) is 2.47. The second-order valence-corrected chi connectivity index (χ2v) is 7.55. The summed E-state index contributed by atoms with van der Waals surface area (Å²) in [5, 5.41) is 13.6. The zero-order valence-electron chi connectivity index (χ0n) is 12.1. The Kier molecular flexibility index (Phi) is 4.68. The third-order valence-electron chi connectivity index (χ3n) is 3.01. The van der Waals surface area contributed by atoms with Gasteiger partial charge in [-0.25, -0.2) is 0 Å². The molecule has 0 spiro atoms. The van der Waals surface area contributed by atoms with E-state index in [4.69, 9.17) is 14.8 Å². The normalized spacial score (nSPS) is 11.9. The van der Waals surface area contributed by atoms with Gasteiger partial charge in [-0.2, -0.15) is 16.8 Å². The number of nitro groups is 1. The van der Waals surface area contributed by atoms with Gasteiger partial charge in [-0.05, 0) is 30.3 Å². The molecule has 2 rings (SSSR count). The molecule has 0 saturated heterocycles. The second kappa shape index (κ2) is 6.29. The number of nitrogens with two attached hydrogens (primary N) is 1.